The van der Waals surface area contributed by atoms with Crippen LogP contribution >= 0.6 is 0 Å². The molecule has 1 aliphatic rings. The van der Waals surface area contributed by atoms with E-state index in [9.17, 15) is 0 Å². The Morgan fingerprint density at radius 2 is 1.74 bits per heavy atom. The van der Waals surface area contributed by atoms with Gasteiger partial charge >= 0.3 is 0 Å². The topological polar surface area (TPSA) is 24.5 Å². The summed E-state index contributed by atoms with van der Waals surface area (Å²) in [7, 11) is 0. The highest BCUT2D eigenvalue weighted by molar-refractivity contribution is 5.00. The van der Waals surface area contributed by atoms with Gasteiger partial charge in [0.2, 0.25) is 0 Å². The summed E-state index contributed by atoms with van der Waals surface area (Å²) in [6.07, 6.45) is 2.38. The summed E-state index contributed by atoms with van der Waals surface area (Å²) in [6, 6.07) is 0. The number of hydrogen-bond donors (Lipinski definition) is 1. The van der Waals surface area contributed by atoms with Crippen LogP contribution in [0.4, 0.5) is 0 Å². The molecule has 1 N–H and O–H groups in total. The molecule has 0 aromatic carbocycles. The summed E-state index contributed by atoms with van der Waals surface area (Å²) in [4.78, 5) is 2.60. The molecule has 3 nitrogen and oxygen atoms in total. The molecule has 0 amide bonds. The number of nitrogens with one attached hydrogen (secondary N) is 1. The normalized spacial score (nSPS) is 23.5. The monoisotopic (exact) mass is 270 g/mol. The average Bonchev–Trinajstić information content (AvgIpc) is 2.30. The Labute approximate surface area is 120 Å². The van der Waals surface area contributed by atoms with Crippen LogP contribution in [0.2, 0.25) is 0 Å². The minimum atomic E-state index is -0.0369. The third-order valence-corrected chi connectivity index (χ3v) is 4.50. The van der Waals surface area contributed by atoms with Gasteiger partial charge in [-0.05, 0) is 47.5 Å². The molecule has 0 unspecified atom stereocenters. The fourth-order valence-electron chi connectivity index (χ4n) is 2.72. The summed E-state index contributed by atoms with van der Waals surface area (Å²) in [5.41, 5.74) is 0.469. The molecule has 3 heteroatoms. The van der Waals surface area contributed by atoms with Crippen molar-refractivity contribution >= 4 is 0 Å². The quantitative estimate of drug-likeness (QED) is 0.831. The highest BCUT2D eigenvalue weighted by Gasteiger charge is 2.40. The second-order valence-corrected chi connectivity index (χ2v) is 7.54. The molecule has 0 atom stereocenters. The fraction of sp³-hybridized carbons (Fsp3) is 1.00. The van der Waals surface area contributed by atoms with Crippen LogP contribution < -0.4 is 5.32 Å². The van der Waals surface area contributed by atoms with Crippen molar-refractivity contribution in [3.05, 3.63) is 0 Å². The van der Waals surface area contributed by atoms with Crippen LogP contribution in [0.25, 0.3) is 0 Å². The molecule has 114 valence electrons. The van der Waals surface area contributed by atoms with Gasteiger partial charge < -0.3 is 10.1 Å². The van der Waals surface area contributed by atoms with Crippen LogP contribution in [0.3, 0.4) is 0 Å². The third kappa shape index (κ3) is 4.73. The van der Waals surface area contributed by atoms with Crippen molar-refractivity contribution in [2.75, 3.05) is 26.2 Å². The maximum absolute atomic E-state index is 5.90. The maximum atomic E-state index is 5.90. The molecule has 1 aliphatic heterocycles. The SMILES string of the molecule is CCC1(CC)CN(CCOC(C)(C)C)C(C)(C)CN1. The van der Waals surface area contributed by atoms with Gasteiger partial charge in [0.1, 0.15) is 0 Å². The van der Waals surface area contributed by atoms with Crippen molar-refractivity contribution in [1.29, 1.82) is 0 Å². The van der Waals surface area contributed by atoms with E-state index in [2.05, 4.69) is 58.7 Å². The van der Waals surface area contributed by atoms with Crippen LogP contribution in [0.5, 0.6) is 0 Å². The molecule has 0 aromatic heterocycles. The molecule has 0 radical (unpaired) electrons. The van der Waals surface area contributed by atoms with Gasteiger partial charge in [-0.1, -0.05) is 13.8 Å². The van der Waals surface area contributed by atoms with E-state index in [1.807, 2.05) is 0 Å². The second kappa shape index (κ2) is 6.11. The van der Waals surface area contributed by atoms with Crippen LogP contribution in [-0.4, -0.2) is 47.8 Å². The van der Waals surface area contributed by atoms with Crippen LogP contribution in [0.1, 0.15) is 61.3 Å². The third-order valence-electron chi connectivity index (χ3n) is 4.50. The second-order valence-electron chi connectivity index (χ2n) is 7.54. The van der Waals surface area contributed by atoms with E-state index >= 15 is 0 Å². The maximum Gasteiger partial charge on any atom is 0.0600 e. The Morgan fingerprint density at radius 1 is 1.16 bits per heavy atom. The van der Waals surface area contributed by atoms with E-state index in [-0.39, 0.29) is 16.7 Å². The molecule has 1 rings (SSSR count). The van der Waals surface area contributed by atoms with Crippen molar-refractivity contribution in [1.82, 2.24) is 10.2 Å². The van der Waals surface area contributed by atoms with Crippen molar-refractivity contribution in [3.8, 4) is 0 Å². The van der Waals surface area contributed by atoms with Crippen LogP contribution in [0.15, 0.2) is 0 Å². The predicted octanol–water partition coefficient (Wildman–Crippen LogP) is 3.04. The molecule has 1 saturated heterocycles. The molecule has 1 fully saturated rings. The summed E-state index contributed by atoms with van der Waals surface area (Å²) in [5.74, 6) is 0. The van der Waals surface area contributed by atoms with Crippen molar-refractivity contribution < 1.29 is 4.74 Å². The van der Waals surface area contributed by atoms with E-state index in [1.54, 1.807) is 0 Å². The minimum Gasteiger partial charge on any atom is -0.375 e. The molecule has 0 aliphatic carbocycles. The standard InChI is InChI=1S/C16H34N2O/c1-8-16(9-2)13-18(15(6,7)12-17-16)10-11-19-14(3,4)5/h17H,8-13H2,1-7H3. The lowest BCUT2D eigenvalue weighted by atomic mass is 9.85. The van der Waals surface area contributed by atoms with Gasteiger partial charge in [0, 0.05) is 30.7 Å². The number of piperazine rings is 1. The van der Waals surface area contributed by atoms with Gasteiger partial charge in [0.15, 0.2) is 0 Å². The Balaban J connectivity index is 2.61. The first-order valence-electron chi connectivity index (χ1n) is 7.78. The molecular formula is C16H34N2O. The zero-order valence-corrected chi connectivity index (χ0v) is 14.1. The largest absolute Gasteiger partial charge is 0.375 e. The summed E-state index contributed by atoms with van der Waals surface area (Å²) < 4.78 is 5.90. The first-order chi connectivity index (χ1) is 8.64. The zero-order valence-electron chi connectivity index (χ0n) is 14.1. The lowest BCUT2D eigenvalue weighted by molar-refractivity contribution is -0.0433. The van der Waals surface area contributed by atoms with Crippen molar-refractivity contribution in [2.45, 2.75) is 78.0 Å². The predicted molar refractivity (Wildman–Crippen MR) is 82.7 cm³/mol. The van der Waals surface area contributed by atoms with E-state index in [0.29, 0.717) is 0 Å². The Hall–Kier alpha value is -0.120. The molecule has 1 heterocycles. The molecular weight excluding hydrogens is 236 g/mol. The van der Waals surface area contributed by atoms with Gasteiger partial charge in [-0.3, -0.25) is 4.90 Å². The minimum absolute atomic E-state index is 0.0369. The highest BCUT2D eigenvalue weighted by Crippen LogP contribution is 2.27. The first-order valence-corrected chi connectivity index (χ1v) is 7.78. The smallest absolute Gasteiger partial charge is 0.0600 e. The summed E-state index contributed by atoms with van der Waals surface area (Å²) in [6.45, 7) is 19.6. The number of rotatable bonds is 5. The van der Waals surface area contributed by atoms with Gasteiger partial charge in [0.05, 0.1) is 12.2 Å². The van der Waals surface area contributed by atoms with Crippen molar-refractivity contribution in [2.24, 2.45) is 0 Å². The zero-order chi connectivity index (χ0) is 14.7. The van der Waals surface area contributed by atoms with Crippen LogP contribution in [0, 0.1) is 0 Å². The fourth-order valence-corrected chi connectivity index (χ4v) is 2.72. The van der Waals surface area contributed by atoms with Gasteiger partial charge in [-0.15, -0.1) is 0 Å². The van der Waals surface area contributed by atoms with Crippen LogP contribution in [-0.2, 0) is 4.74 Å². The van der Waals surface area contributed by atoms with Gasteiger partial charge in [-0.2, -0.15) is 0 Å². The first kappa shape index (κ1) is 16.9. The Bertz CT molecular complexity index is 277. The summed E-state index contributed by atoms with van der Waals surface area (Å²) in [5, 5.41) is 3.78. The lowest BCUT2D eigenvalue weighted by Crippen LogP contribution is -2.68. The number of hydrogen-bond acceptors (Lipinski definition) is 3. The number of nitrogens with zero attached hydrogens (tertiary/aromatic N) is 1. The van der Waals surface area contributed by atoms with E-state index in [0.717, 1.165) is 26.2 Å². The highest BCUT2D eigenvalue weighted by atomic mass is 16.5. The van der Waals surface area contributed by atoms with E-state index in [4.69, 9.17) is 4.74 Å². The average molecular weight is 270 g/mol. The molecule has 19 heavy (non-hydrogen) atoms. The Morgan fingerprint density at radius 3 is 2.21 bits per heavy atom. The van der Waals surface area contributed by atoms with Gasteiger partial charge in [0.25, 0.3) is 0 Å². The lowest BCUT2D eigenvalue weighted by Gasteiger charge is -2.52. The Kier molecular flexibility index (Phi) is 5.44. The van der Waals surface area contributed by atoms with E-state index in [1.165, 1.54) is 12.8 Å². The molecule has 0 saturated carbocycles. The number of ether oxygens (including phenoxy) is 1. The summed E-state index contributed by atoms with van der Waals surface area (Å²) >= 11 is 0. The molecule has 0 bridgehead atoms. The van der Waals surface area contributed by atoms with Crippen molar-refractivity contribution in [3.63, 3.8) is 0 Å². The molecule has 0 spiro atoms. The van der Waals surface area contributed by atoms with E-state index < -0.39 is 0 Å². The molecule has 0 aromatic rings. The van der Waals surface area contributed by atoms with Gasteiger partial charge in [-0.25, -0.2) is 0 Å².